The largest absolute Gasteiger partial charge is 0.282 e. The van der Waals surface area contributed by atoms with E-state index in [0.717, 1.165) is 6.42 Å². The highest BCUT2D eigenvalue weighted by Crippen LogP contribution is 2.23. The van der Waals surface area contributed by atoms with Gasteiger partial charge in [-0.2, -0.15) is 0 Å². The lowest BCUT2D eigenvalue weighted by Crippen LogP contribution is -2.43. The van der Waals surface area contributed by atoms with Gasteiger partial charge in [0, 0.05) is 18.4 Å². The summed E-state index contributed by atoms with van der Waals surface area (Å²) in [6.07, 6.45) is 1.14. The van der Waals surface area contributed by atoms with Gasteiger partial charge in [-0.25, -0.2) is 0 Å². The summed E-state index contributed by atoms with van der Waals surface area (Å²) in [4.78, 5) is 24.7. The normalized spacial score (nSPS) is 11.2. The van der Waals surface area contributed by atoms with Crippen molar-refractivity contribution in [3.63, 3.8) is 0 Å². The van der Waals surface area contributed by atoms with E-state index >= 15 is 0 Å². The first-order valence-electron chi connectivity index (χ1n) is 5.25. The van der Waals surface area contributed by atoms with E-state index < -0.39 is 5.41 Å². The molecule has 0 aromatic carbocycles. The number of hydrogen-bond donors (Lipinski definition) is 0. The molecule has 0 radical (unpaired) electrons. The molecular weight excluding hydrogens is 178 g/mol. The van der Waals surface area contributed by atoms with Gasteiger partial charge < -0.3 is 0 Å². The maximum absolute atomic E-state index is 11.9. The number of hydrogen-bond acceptors (Lipinski definition) is 2. The molecule has 0 saturated heterocycles. The Morgan fingerprint density at radius 2 is 1.64 bits per heavy atom. The van der Waals surface area contributed by atoms with Crippen LogP contribution >= 0.6 is 0 Å². The van der Waals surface area contributed by atoms with Crippen LogP contribution in [-0.2, 0) is 9.59 Å². The highest BCUT2D eigenvalue weighted by atomic mass is 16.2. The smallest absolute Gasteiger partial charge is 0.234 e. The Morgan fingerprint density at radius 1 is 1.14 bits per heavy atom. The van der Waals surface area contributed by atoms with Crippen LogP contribution < -0.4 is 0 Å². The first-order valence-corrected chi connectivity index (χ1v) is 5.25. The number of carbonyl (C=O) groups is 2. The summed E-state index contributed by atoms with van der Waals surface area (Å²) in [7, 11) is 0. The van der Waals surface area contributed by atoms with Crippen molar-refractivity contribution in [2.45, 2.75) is 47.5 Å². The molecule has 3 nitrogen and oxygen atoms in total. The quantitative estimate of drug-likeness (QED) is 0.696. The number of nitrogens with zero attached hydrogens (tertiary/aromatic N) is 1. The molecule has 0 aliphatic heterocycles. The van der Waals surface area contributed by atoms with E-state index in [1.165, 1.54) is 4.90 Å². The number of imide groups is 1. The van der Waals surface area contributed by atoms with E-state index in [2.05, 4.69) is 0 Å². The van der Waals surface area contributed by atoms with E-state index in [0.29, 0.717) is 13.0 Å². The number of carbonyl (C=O) groups excluding carboxylic acids is 2. The van der Waals surface area contributed by atoms with Gasteiger partial charge in [0.2, 0.25) is 11.8 Å². The molecule has 0 saturated carbocycles. The third kappa shape index (κ3) is 2.82. The maximum atomic E-state index is 11.9. The molecule has 82 valence electrons. The minimum Gasteiger partial charge on any atom is -0.282 e. The summed E-state index contributed by atoms with van der Waals surface area (Å²) in [6, 6.07) is 0. The summed E-state index contributed by atoms with van der Waals surface area (Å²) in [5, 5.41) is 0. The average molecular weight is 199 g/mol. The van der Waals surface area contributed by atoms with Gasteiger partial charge in [0.15, 0.2) is 0 Å². The van der Waals surface area contributed by atoms with Gasteiger partial charge in [-0.3, -0.25) is 14.5 Å². The van der Waals surface area contributed by atoms with Crippen LogP contribution in [0, 0.1) is 5.41 Å². The Labute approximate surface area is 86.5 Å². The van der Waals surface area contributed by atoms with Crippen molar-refractivity contribution in [2.24, 2.45) is 5.41 Å². The minimum atomic E-state index is -0.430. The molecule has 0 aromatic heterocycles. The molecule has 0 fully saturated rings. The zero-order chi connectivity index (χ0) is 11.4. The van der Waals surface area contributed by atoms with Gasteiger partial charge in [-0.15, -0.1) is 0 Å². The molecule has 0 aliphatic rings. The topological polar surface area (TPSA) is 37.4 Å². The molecule has 0 unspecified atom stereocenters. The lowest BCUT2D eigenvalue weighted by molar-refractivity contribution is -0.150. The van der Waals surface area contributed by atoms with Gasteiger partial charge >= 0.3 is 0 Å². The SMILES string of the molecule is CCC(=O)N(CC)C(=O)C(C)(C)CC. The van der Waals surface area contributed by atoms with E-state index in [-0.39, 0.29) is 11.8 Å². The minimum absolute atomic E-state index is 0.0608. The van der Waals surface area contributed by atoms with E-state index in [1.54, 1.807) is 6.92 Å². The highest BCUT2D eigenvalue weighted by molar-refractivity contribution is 5.97. The molecule has 2 amide bonds. The van der Waals surface area contributed by atoms with Crippen molar-refractivity contribution in [3.05, 3.63) is 0 Å². The molecule has 0 aliphatic carbocycles. The lowest BCUT2D eigenvalue weighted by Gasteiger charge is -2.28. The Hall–Kier alpha value is -0.860. The van der Waals surface area contributed by atoms with Crippen molar-refractivity contribution >= 4 is 11.8 Å². The van der Waals surface area contributed by atoms with Crippen LogP contribution in [0.4, 0.5) is 0 Å². The Morgan fingerprint density at radius 3 is 1.93 bits per heavy atom. The summed E-state index contributed by atoms with van der Waals surface area (Å²) in [6.45, 7) is 9.79. The molecular formula is C11H21NO2. The van der Waals surface area contributed by atoms with Crippen molar-refractivity contribution in [2.75, 3.05) is 6.54 Å². The van der Waals surface area contributed by atoms with Crippen LogP contribution in [0.5, 0.6) is 0 Å². The van der Waals surface area contributed by atoms with Gasteiger partial charge in [0.1, 0.15) is 0 Å². The second-order valence-electron chi connectivity index (χ2n) is 4.03. The zero-order valence-corrected chi connectivity index (χ0v) is 9.89. The first kappa shape index (κ1) is 13.1. The third-order valence-electron chi connectivity index (χ3n) is 2.63. The van der Waals surface area contributed by atoms with E-state index in [9.17, 15) is 9.59 Å². The Balaban J connectivity index is 4.71. The molecule has 0 heterocycles. The lowest BCUT2D eigenvalue weighted by atomic mass is 9.88. The molecule has 0 N–H and O–H groups in total. The predicted molar refractivity (Wildman–Crippen MR) is 56.8 cm³/mol. The van der Waals surface area contributed by atoms with Crippen LogP contribution in [0.25, 0.3) is 0 Å². The van der Waals surface area contributed by atoms with Crippen molar-refractivity contribution < 1.29 is 9.59 Å². The maximum Gasteiger partial charge on any atom is 0.234 e. The average Bonchev–Trinajstić information content (AvgIpc) is 2.18. The Bertz CT molecular complexity index is 221. The summed E-state index contributed by atoms with van der Waals surface area (Å²) >= 11 is 0. The van der Waals surface area contributed by atoms with Crippen LogP contribution in [0.3, 0.4) is 0 Å². The summed E-state index contributed by atoms with van der Waals surface area (Å²) < 4.78 is 0. The molecule has 0 atom stereocenters. The van der Waals surface area contributed by atoms with Gasteiger partial charge in [0.05, 0.1) is 0 Å². The fourth-order valence-corrected chi connectivity index (χ4v) is 1.14. The monoisotopic (exact) mass is 199 g/mol. The number of rotatable bonds is 4. The van der Waals surface area contributed by atoms with Crippen molar-refractivity contribution in [1.82, 2.24) is 4.90 Å². The van der Waals surface area contributed by atoms with Crippen LogP contribution in [0.15, 0.2) is 0 Å². The van der Waals surface area contributed by atoms with Crippen LogP contribution in [0.1, 0.15) is 47.5 Å². The predicted octanol–water partition coefficient (Wildman–Crippen LogP) is 2.21. The molecule has 14 heavy (non-hydrogen) atoms. The molecule has 0 spiro atoms. The molecule has 0 rings (SSSR count). The molecule has 3 heteroatoms. The van der Waals surface area contributed by atoms with Crippen molar-refractivity contribution in [3.8, 4) is 0 Å². The fourth-order valence-electron chi connectivity index (χ4n) is 1.14. The van der Waals surface area contributed by atoms with Gasteiger partial charge in [0.25, 0.3) is 0 Å². The van der Waals surface area contributed by atoms with E-state index in [4.69, 9.17) is 0 Å². The summed E-state index contributed by atoms with van der Waals surface area (Å²) in [5.74, 6) is -0.145. The van der Waals surface area contributed by atoms with Gasteiger partial charge in [-0.1, -0.05) is 27.7 Å². The molecule has 0 aromatic rings. The second-order valence-corrected chi connectivity index (χ2v) is 4.03. The fraction of sp³-hybridized carbons (Fsp3) is 0.818. The first-order chi connectivity index (χ1) is 6.40. The second kappa shape index (κ2) is 5.13. The van der Waals surface area contributed by atoms with Crippen molar-refractivity contribution in [1.29, 1.82) is 0 Å². The van der Waals surface area contributed by atoms with Gasteiger partial charge in [-0.05, 0) is 13.3 Å². The highest BCUT2D eigenvalue weighted by Gasteiger charge is 2.31. The summed E-state index contributed by atoms with van der Waals surface area (Å²) in [5.41, 5.74) is -0.430. The number of amides is 2. The zero-order valence-electron chi connectivity index (χ0n) is 9.89. The van der Waals surface area contributed by atoms with Crippen LogP contribution in [-0.4, -0.2) is 23.3 Å². The molecule has 0 bridgehead atoms. The Kier molecular flexibility index (Phi) is 4.81. The van der Waals surface area contributed by atoms with Crippen LogP contribution in [0.2, 0.25) is 0 Å². The standard InChI is InChI=1S/C11H21NO2/c1-6-9(13)12(8-3)10(14)11(4,5)7-2/h6-8H2,1-5H3. The third-order valence-corrected chi connectivity index (χ3v) is 2.63. The van der Waals surface area contributed by atoms with E-state index in [1.807, 2.05) is 27.7 Å².